The van der Waals surface area contributed by atoms with E-state index in [1.807, 2.05) is 20.8 Å². The molecule has 0 spiro atoms. The Morgan fingerprint density at radius 1 is 1.35 bits per heavy atom. The summed E-state index contributed by atoms with van der Waals surface area (Å²) in [5, 5.41) is 13.5. The van der Waals surface area contributed by atoms with Gasteiger partial charge in [0.05, 0.1) is 0 Å². The highest BCUT2D eigenvalue weighted by Crippen LogP contribution is 2.32. The van der Waals surface area contributed by atoms with E-state index in [2.05, 4.69) is 4.72 Å². The van der Waals surface area contributed by atoms with Crippen LogP contribution in [0.15, 0.2) is 0 Å². The fraction of sp³-hybridized carbons (Fsp3) is 0.900. The molecule has 6 nitrogen and oxygen atoms in total. The third kappa shape index (κ3) is 9.08. The van der Waals surface area contributed by atoms with Crippen LogP contribution in [-0.2, 0) is 15.0 Å². The minimum atomic E-state index is -3.66. The normalized spacial score (nSPS) is 14.6. The largest absolute Gasteiger partial charge is 0.481 e. The van der Waals surface area contributed by atoms with Crippen molar-refractivity contribution in [3.8, 4) is 0 Å². The van der Waals surface area contributed by atoms with Gasteiger partial charge in [0.2, 0.25) is 0 Å². The molecule has 4 N–H and O–H groups in total. The zero-order valence-corrected chi connectivity index (χ0v) is 11.4. The predicted octanol–water partition coefficient (Wildman–Crippen LogP) is 0.697. The minimum Gasteiger partial charge on any atom is -0.481 e. The van der Waals surface area contributed by atoms with Crippen LogP contribution in [0.5, 0.6) is 0 Å². The van der Waals surface area contributed by atoms with Crippen LogP contribution in [0.2, 0.25) is 0 Å². The Bertz CT molecular complexity index is 346. The first-order valence-corrected chi connectivity index (χ1v) is 7.06. The molecule has 0 rings (SSSR count). The summed E-state index contributed by atoms with van der Waals surface area (Å²) in [5.41, 5.74) is -0.0600. The van der Waals surface area contributed by atoms with Crippen molar-refractivity contribution in [1.82, 2.24) is 4.72 Å². The van der Waals surface area contributed by atoms with E-state index in [0.29, 0.717) is 12.8 Å². The van der Waals surface area contributed by atoms with Gasteiger partial charge in [-0.05, 0) is 24.2 Å². The molecule has 0 fully saturated rings. The second kappa shape index (κ2) is 6.32. The molecule has 1 unspecified atom stereocenters. The second-order valence-corrected chi connectivity index (χ2v) is 6.60. The lowest BCUT2D eigenvalue weighted by molar-refractivity contribution is -0.137. The smallest absolute Gasteiger partial charge is 0.303 e. The van der Waals surface area contributed by atoms with Crippen molar-refractivity contribution in [3.63, 3.8) is 0 Å². The molecular formula is C10H22N2O4S. The molecule has 0 saturated carbocycles. The van der Waals surface area contributed by atoms with Crippen LogP contribution in [0.1, 0.15) is 40.0 Å². The first-order valence-electron chi connectivity index (χ1n) is 5.51. The number of carboxylic acid groups (broad SMARTS) is 1. The van der Waals surface area contributed by atoms with Crippen molar-refractivity contribution < 1.29 is 18.3 Å². The van der Waals surface area contributed by atoms with Gasteiger partial charge in [-0.3, -0.25) is 4.79 Å². The lowest BCUT2D eigenvalue weighted by Gasteiger charge is -2.30. The molecule has 1 atom stereocenters. The maximum atomic E-state index is 10.7. The van der Waals surface area contributed by atoms with Crippen molar-refractivity contribution >= 4 is 16.2 Å². The molecule has 0 aliphatic heterocycles. The molecule has 0 radical (unpaired) electrons. The predicted molar refractivity (Wildman–Crippen MR) is 65.5 cm³/mol. The van der Waals surface area contributed by atoms with Crippen molar-refractivity contribution in [2.45, 2.75) is 40.0 Å². The number of carboxylic acids is 1. The lowest BCUT2D eigenvalue weighted by atomic mass is 9.76. The SMILES string of the molecule is CC(C)(C)C(CCNS(N)(=O)=O)CCC(=O)O. The Labute approximate surface area is 103 Å². The van der Waals surface area contributed by atoms with Crippen LogP contribution in [0.4, 0.5) is 0 Å². The van der Waals surface area contributed by atoms with E-state index in [9.17, 15) is 13.2 Å². The minimum absolute atomic E-state index is 0.0600. The van der Waals surface area contributed by atoms with Crippen molar-refractivity contribution in [1.29, 1.82) is 0 Å². The van der Waals surface area contributed by atoms with Gasteiger partial charge in [0.25, 0.3) is 10.2 Å². The summed E-state index contributed by atoms with van der Waals surface area (Å²) < 4.78 is 23.6. The maximum Gasteiger partial charge on any atom is 0.303 e. The Hall–Kier alpha value is -0.660. The summed E-state index contributed by atoms with van der Waals surface area (Å²) in [6, 6.07) is 0. The summed E-state index contributed by atoms with van der Waals surface area (Å²) in [7, 11) is -3.66. The van der Waals surface area contributed by atoms with Gasteiger partial charge < -0.3 is 5.11 Å². The molecule has 7 heteroatoms. The van der Waals surface area contributed by atoms with Crippen LogP contribution < -0.4 is 9.86 Å². The molecule has 0 aliphatic carbocycles. The molecule has 0 aliphatic rings. The number of nitrogens with one attached hydrogen (secondary N) is 1. The van der Waals surface area contributed by atoms with E-state index < -0.39 is 16.2 Å². The third-order valence-electron chi connectivity index (χ3n) is 2.73. The molecule has 0 aromatic rings. The fourth-order valence-corrected chi connectivity index (χ4v) is 2.09. The average molecular weight is 266 g/mol. The van der Waals surface area contributed by atoms with E-state index in [1.165, 1.54) is 0 Å². The topological polar surface area (TPSA) is 109 Å². The number of carbonyl (C=O) groups is 1. The molecular weight excluding hydrogens is 244 g/mol. The van der Waals surface area contributed by atoms with Gasteiger partial charge in [-0.25, -0.2) is 9.86 Å². The molecule has 0 aromatic heterocycles. The summed E-state index contributed by atoms with van der Waals surface area (Å²) in [6.45, 7) is 6.27. The number of rotatable bonds is 7. The van der Waals surface area contributed by atoms with E-state index in [4.69, 9.17) is 10.2 Å². The average Bonchev–Trinajstić information content (AvgIpc) is 2.06. The first kappa shape index (κ1) is 16.3. The molecule has 0 heterocycles. The Morgan fingerprint density at radius 3 is 2.24 bits per heavy atom. The maximum absolute atomic E-state index is 10.7. The highest BCUT2D eigenvalue weighted by molar-refractivity contribution is 7.87. The number of hydrogen-bond acceptors (Lipinski definition) is 3. The van der Waals surface area contributed by atoms with Crippen LogP contribution >= 0.6 is 0 Å². The highest BCUT2D eigenvalue weighted by atomic mass is 32.2. The van der Waals surface area contributed by atoms with Gasteiger partial charge in [0, 0.05) is 13.0 Å². The van der Waals surface area contributed by atoms with E-state index in [-0.39, 0.29) is 24.3 Å². The zero-order chi connectivity index (χ0) is 13.7. The molecule has 17 heavy (non-hydrogen) atoms. The molecule has 0 saturated heterocycles. The summed E-state index contributed by atoms with van der Waals surface area (Å²) >= 11 is 0. The van der Waals surface area contributed by atoms with Crippen LogP contribution in [0.3, 0.4) is 0 Å². The monoisotopic (exact) mass is 266 g/mol. The third-order valence-corrected chi connectivity index (χ3v) is 3.33. The summed E-state index contributed by atoms with van der Waals surface area (Å²) in [4.78, 5) is 10.5. The van der Waals surface area contributed by atoms with Gasteiger partial charge >= 0.3 is 5.97 Å². The number of hydrogen-bond donors (Lipinski definition) is 3. The number of nitrogens with two attached hydrogens (primary N) is 1. The quantitative estimate of drug-likeness (QED) is 0.630. The molecule has 102 valence electrons. The van der Waals surface area contributed by atoms with Gasteiger partial charge in [0.15, 0.2) is 0 Å². The molecule has 0 bridgehead atoms. The van der Waals surface area contributed by atoms with Gasteiger partial charge in [-0.2, -0.15) is 8.42 Å². The van der Waals surface area contributed by atoms with Crippen LogP contribution in [-0.4, -0.2) is 26.0 Å². The van der Waals surface area contributed by atoms with E-state index in [1.54, 1.807) is 0 Å². The van der Waals surface area contributed by atoms with Crippen LogP contribution in [0, 0.1) is 11.3 Å². The first-order chi connectivity index (χ1) is 7.52. The van der Waals surface area contributed by atoms with Crippen molar-refractivity contribution in [3.05, 3.63) is 0 Å². The van der Waals surface area contributed by atoms with Gasteiger partial charge in [0.1, 0.15) is 0 Å². The van der Waals surface area contributed by atoms with Crippen molar-refractivity contribution in [2.75, 3.05) is 6.54 Å². The molecule has 0 amide bonds. The van der Waals surface area contributed by atoms with Crippen LogP contribution in [0.25, 0.3) is 0 Å². The second-order valence-electron chi connectivity index (χ2n) is 5.22. The Balaban J connectivity index is 4.26. The summed E-state index contributed by atoms with van der Waals surface area (Å²) in [5.74, 6) is -0.702. The van der Waals surface area contributed by atoms with E-state index in [0.717, 1.165) is 0 Å². The molecule has 0 aromatic carbocycles. The Kier molecular flexibility index (Phi) is 6.08. The van der Waals surface area contributed by atoms with Gasteiger partial charge in [-0.15, -0.1) is 0 Å². The standard InChI is InChI=1S/C10H22N2O4S/c1-10(2,3)8(4-5-9(13)14)6-7-12-17(11,15)16/h8,12H,4-7H2,1-3H3,(H,13,14)(H2,11,15,16). The van der Waals surface area contributed by atoms with E-state index >= 15 is 0 Å². The zero-order valence-electron chi connectivity index (χ0n) is 10.6. The van der Waals surface area contributed by atoms with Crippen molar-refractivity contribution in [2.24, 2.45) is 16.5 Å². The van der Waals surface area contributed by atoms with Gasteiger partial charge in [-0.1, -0.05) is 20.8 Å². The fourth-order valence-electron chi connectivity index (χ4n) is 1.68. The highest BCUT2D eigenvalue weighted by Gasteiger charge is 2.24. The number of aliphatic carboxylic acids is 1. The Morgan fingerprint density at radius 2 is 1.88 bits per heavy atom. The lowest BCUT2D eigenvalue weighted by Crippen LogP contribution is -2.34. The summed E-state index contributed by atoms with van der Waals surface area (Å²) in [6.07, 6.45) is 1.20.